The normalized spacial score (nSPS) is 19.9. The van der Waals surface area contributed by atoms with Crippen molar-refractivity contribution >= 4 is 0 Å². The number of benzene rings is 1. The average Bonchev–Trinajstić information content (AvgIpc) is 2.82. The molecule has 2 heteroatoms. The lowest BCUT2D eigenvalue weighted by molar-refractivity contribution is 0.559. The Morgan fingerprint density at radius 1 is 1.07 bits per heavy atom. The zero-order valence-corrected chi connectivity index (χ0v) is 8.53. The van der Waals surface area contributed by atoms with Crippen molar-refractivity contribution in [3.63, 3.8) is 0 Å². The Bertz CT molecular complexity index is 445. The maximum absolute atomic E-state index is 3.55. The molecular formula is C13H14N2. The Morgan fingerprint density at radius 3 is 2.87 bits per heavy atom. The highest BCUT2D eigenvalue weighted by Gasteiger charge is 2.20. The second-order valence-electron chi connectivity index (χ2n) is 3.96. The second kappa shape index (κ2) is 3.55. The van der Waals surface area contributed by atoms with Crippen molar-refractivity contribution in [2.45, 2.75) is 12.5 Å². The van der Waals surface area contributed by atoms with Crippen LogP contribution in [0, 0.1) is 0 Å². The lowest BCUT2D eigenvalue weighted by Crippen LogP contribution is -2.30. The predicted molar refractivity (Wildman–Crippen MR) is 60.8 cm³/mol. The number of hydrogen-bond acceptors (Lipinski definition) is 1. The molecule has 1 unspecified atom stereocenters. The minimum atomic E-state index is 0.338. The molecule has 0 radical (unpaired) electrons. The van der Waals surface area contributed by atoms with Crippen molar-refractivity contribution in [3.8, 4) is 0 Å². The molecule has 0 bridgehead atoms. The summed E-state index contributed by atoms with van der Waals surface area (Å²) in [5.74, 6) is 0. The highest BCUT2D eigenvalue weighted by atomic mass is 14.9. The molecule has 2 heterocycles. The van der Waals surface area contributed by atoms with Crippen LogP contribution in [0.5, 0.6) is 0 Å². The molecule has 76 valence electrons. The van der Waals surface area contributed by atoms with Gasteiger partial charge in [-0.1, -0.05) is 24.3 Å². The van der Waals surface area contributed by atoms with E-state index >= 15 is 0 Å². The number of aromatic amines is 1. The van der Waals surface area contributed by atoms with Crippen LogP contribution in [0.4, 0.5) is 0 Å². The number of rotatable bonds is 1. The first-order valence-electron chi connectivity index (χ1n) is 5.39. The van der Waals surface area contributed by atoms with Crippen molar-refractivity contribution in [1.29, 1.82) is 0 Å². The van der Waals surface area contributed by atoms with E-state index in [0.717, 1.165) is 13.0 Å². The van der Waals surface area contributed by atoms with Gasteiger partial charge < -0.3 is 10.3 Å². The molecule has 1 aliphatic heterocycles. The number of aromatic nitrogens is 1. The van der Waals surface area contributed by atoms with Gasteiger partial charge in [0.2, 0.25) is 0 Å². The molecule has 0 spiro atoms. The van der Waals surface area contributed by atoms with Crippen LogP contribution in [0.1, 0.15) is 22.9 Å². The summed E-state index contributed by atoms with van der Waals surface area (Å²) in [7, 11) is 0. The van der Waals surface area contributed by atoms with E-state index in [-0.39, 0.29) is 0 Å². The summed E-state index contributed by atoms with van der Waals surface area (Å²) in [5, 5.41) is 3.55. The minimum absolute atomic E-state index is 0.338. The van der Waals surface area contributed by atoms with Crippen LogP contribution in [0.3, 0.4) is 0 Å². The fourth-order valence-corrected chi connectivity index (χ4v) is 2.31. The Balaban J connectivity index is 2.06. The molecule has 0 amide bonds. The van der Waals surface area contributed by atoms with Crippen LogP contribution in [-0.4, -0.2) is 11.5 Å². The van der Waals surface area contributed by atoms with E-state index in [1.54, 1.807) is 0 Å². The summed E-state index contributed by atoms with van der Waals surface area (Å²) >= 11 is 0. The standard InChI is InChI=1S/C13H14N2/c1-2-5-11-10(4-1)7-9-15-13(11)12-6-3-8-14-12/h1-6,8,13-15H,7,9H2. The number of nitrogens with one attached hydrogen (secondary N) is 2. The molecule has 0 saturated carbocycles. The number of fused-ring (bicyclic) bond motifs is 1. The van der Waals surface area contributed by atoms with Crippen LogP contribution in [0.25, 0.3) is 0 Å². The summed E-state index contributed by atoms with van der Waals surface area (Å²) in [6.07, 6.45) is 3.11. The van der Waals surface area contributed by atoms with Gasteiger partial charge in [-0.25, -0.2) is 0 Å². The van der Waals surface area contributed by atoms with Gasteiger partial charge in [-0.3, -0.25) is 0 Å². The summed E-state index contributed by atoms with van der Waals surface area (Å²) in [4.78, 5) is 3.29. The summed E-state index contributed by atoms with van der Waals surface area (Å²) in [6.45, 7) is 1.06. The predicted octanol–water partition coefficient (Wildman–Crippen LogP) is 2.25. The van der Waals surface area contributed by atoms with Crippen molar-refractivity contribution in [2.24, 2.45) is 0 Å². The third kappa shape index (κ3) is 1.47. The quantitative estimate of drug-likeness (QED) is 0.722. The van der Waals surface area contributed by atoms with Crippen molar-refractivity contribution in [1.82, 2.24) is 10.3 Å². The van der Waals surface area contributed by atoms with E-state index in [0.29, 0.717) is 6.04 Å². The topological polar surface area (TPSA) is 27.8 Å². The zero-order chi connectivity index (χ0) is 10.1. The molecule has 1 aromatic carbocycles. The van der Waals surface area contributed by atoms with Gasteiger partial charge in [0.1, 0.15) is 0 Å². The summed E-state index contributed by atoms with van der Waals surface area (Å²) in [5.41, 5.74) is 4.13. The maximum atomic E-state index is 3.55. The molecule has 2 nitrogen and oxygen atoms in total. The first kappa shape index (κ1) is 8.74. The highest BCUT2D eigenvalue weighted by Crippen LogP contribution is 2.27. The molecule has 2 N–H and O–H groups in total. The van der Waals surface area contributed by atoms with Crippen LogP contribution >= 0.6 is 0 Å². The van der Waals surface area contributed by atoms with Crippen molar-refractivity contribution in [2.75, 3.05) is 6.54 Å². The van der Waals surface area contributed by atoms with Crippen LogP contribution in [-0.2, 0) is 6.42 Å². The molecule has 3 rings (SSSR count). The van der Waals surface area contributed by atoms with E-state index < -0.39 is 0 Å². The van der Waals surface area contributed by atoms with Gasteiger partial charge >= 0.3 is 0 Å². The first-order valence-corrected chi connectivity index (χ1v) is 5.39. The average molecular weight is 198 g/mol. The molecule has 0 fully saturated rings. The molecular weight excluding hydrogens is 184 g/mol. The number of hydrogen-bond donors (Lipinski definition) is 2. The second-order valence-corrected chi connectivity index (χ2v) is 3.96. The van der Waals surface area contributed by atoms with E-state index in [4.69, 9.17) is 0 Å². The molecule has 15 heavy (non-hydrogen) atoms. The van der Waals surface area contributed by atoms with Gasteiger partial charge in [0.05, 0.1) is 6.04 Å². The largest absolute Gasteiger partial charge is 0.363 e. The third-order valence-corrected chi connectivity index (χ3v) is 3.04. The molecule has 0 aliphatic carbocycles. The number of H-pyrrole nitrogens is 1. The smallest absolute Gasteiger partial charge is 0.0731 e. The van der Waals surface area contributed by atoms with E-state index in [2.05, 4.69) is 40.6 Å². The van der Waals surface area contributed by atoms with Gasteiger partial charge in [0.15, 0.2) is 0 Å². The molecule has 1 aromatic heterocycles. The van der Waals surface area contributed by atoms with Gasteiger partial charge in [-0.2, -0.15) is 0 Å². The third-order valence-electron chi connectivity index (χ3n) is 3.04. The fraction of sp³-hybridized carbons (Fsp3) is 0.231. The minimum Gasteiger partial charge on any atom is -0.363 e. The van der Waals surface area contributed by atoms with Crippen LogP contribution in [0.15, 0.2) is 42.6 Å². The van der Waals surface area contributed by atoms with Gasteiger partial charge in [0, 0.05) is 18.4 Å². The fourth-order valence-electron chi connectivity index (χ4n) is 2.31. The van der Waals surface area contributed by atoms with E-state index in [1.165, 1.54) is 16.8 Å². The molecule has 0 saturated heterocycles. The van der Waals surface area contributed by atoms with E-state index in [9.17, 15) is 0 Å². The maximum Gasteiger partial charge on any atom is 0.0731 e. The summed E-state index contributed by atoms with van der Waals surface area (Å²) < 4.78 is 0. The highest BCUT2D eigenvalue weighted by molar-refractivity contribution is 5.37. The van der Waals surface area contributed by atoms with Crippen molar-refractivity contribution in [3.05, 3.63) is 59.4 Å². The monoisotopic (exact) mass is 198 g/mol. The lowest BCUT2D eigenvalue weighted by Gasteiger charge is -2.26. The van der Waals surface area contributed by atoms with Crippen LogP contribution in [0.2, 0.25) is 0 Å². The van der Waals surface area contributed by atoms with Gasteiger partial charge in [-0.15, -0.1) is 0 Å². The first-order chi connectivity index (χ1) is 7.45. The Labute approximate surface area is 89.3 Å². The lowest BCUT2D eigenvalue weighted by atomic mass is 9.93. The van der Waals surface area contributed by atoms with Gasteiger partial charge in [0.25, 0.3) is 0 Å². The molecule has 1 aliphatic rings. The molecule has 2 aromatic rings. The SMILES string of the molecule is c1c[nH]c(C2NCCc3ccccc32)c1. The Morgan fingerprint density at radius 2 is 2.00 bits per heavy atom. The van der Waals surface area contributed by atoms with Gasteiger partial charge in [-0.05, 0) is 29.7 Å². The summed E-state index contributed by atoms with van der Waals surface area (Å²) in [6, 6.07) is 13.2. The van der Waals surface area contributed by atoms with Crippen molar-refractivity contribution < 1.29 is 0 Å². The van der Waals surface area contributed by atoms with E-state index in [1.807, 2.05) is 12.3 Å². The zero-order valence-electron chi connectivity index (χ0n) is 8.53. The molecule has 1 atom stereocenters. The van der Waals surface area contributed by atoms with Crippen LogP contribution < -0.4 is 5.32 Å². The Kier molecular flexibility index (Phi) is 2.07. The Hall–Kier alpha value is -1.54.